The topological polar surface area (TPSA) is 84.9 Å². The van der Waals surface area contributed by atoms with Crippen molar-refractivity contribution in [2.24, 2.45) is 0 Å². The van der Waals surface area contributed by atoms with Gasteiger partial charge in [0.15, 0.2) is 0 Å². The van der Waals surface area contributed by atoms with Gasteiger partial charge in [0.1, 0.15) is 16.4 Å². The predicted octanol–water partition coefficient (Wildman–Crippen LogP) is 3.92. The number of carbonyl (C=O) groups excluding carboxylic acids is 1. The highest BCUT2D eigenvalue weighted by Crippen LogP contribution is 2.30. The minimum Gasteiger partial charge on any atom is -0.495 e. The molecule has 1 N–H and O–H groups in total. The number of sulfonamides is 1. The molecule has 8 heteroatoms. The predicted molar refractivity (Wildman–Crippen MR) is 121 cm³/mol. The Morgan fingerprint density at radius 2 is 1.81 bits per heavy atom. The van der Waals surface area contributed by atoms with Crippen molar-refractivity contribution in [3.63, 3.8) is 0 Å². The summed E-state index contributed by atoms with van der Waals surface area (Å²) in [6, 6.07) is 12.0. The second kappa shape index (κ2) is 10.5. The minimum atomic E-state index is -3.66. The second-order valence-electron chi connectivity index (χ2n) is 7.16. The summed E-state index contributed by atoms with van der Waals surface area (Å²) in [5.41, 5.74) is 1.24. The van der Waals surface area contributed by atoms with E-state index in [1.165, 1.54) is 17.5 Å². The largest absolute Gasteiger partial charge is 0.495 e. The van der Waals surface area contributed by atoms with Crippen molar-refractivity contribution in [2.45, 2.75) is 31.1 Å². The quantitative estimate of drug-likeness (QED) is 0.624. The zero-order valence-corrected chi connectivity index (χ0v) is 18.7. The molecule has 3 rings (SSSR count). The van der Waals surface area contributed by atoms with Crippen LogP contribution in [-0.4, -0.2) is 45.4 Å². The van der Waals surface area contributed by atoms with Crippen LogP contribution in [0.1, 0.15) is 31.7 Å². The molecule has 1 fully saturated rings. The highest BCUT2D eigenvalue weighted by atomic mass is 32.2. The zero-order valence-electron chi connectivity index (χ0n) is 17.8. The summed E-state index contributed by atoms with van der Waals surface area (Å²) in [4.78, 5) is 12.4. The molecule has 1 heterocycles. The molecule has 0 radical (unpaired) electrons. The normalized spacial score (nSPS) is 15.0. The summed E-state index contributed by atoms with van der Waals surface area (Å²) in [6.07, 6.45) is 5.70. The molecular weight excluding hydrogens is 416 g/mol. The number of anilines is 1. The van der Waals surface area contributed by atoms with Crippen molar-refractivity contribution in [1.82, 2.24) is 4.31 Å². The van der Waals surface area contributed by atoms with Crippen LogP contribution in [0.4, 0.5) is 5.69 Å². The van der Waals surface area contributed by atoms with Crippen LogP contribution in [0.5, 0.6) is 11.5 Å². The van der Waals surface area contributed by atoms with E-state index in [9.17, 15) is 13.2 Å². The lowest BCUT2D eigenvalue weighted by Gasteiger charge is -2.26. The molecule has 31 heavy (non-hydrogen) atoms. The van der Waals surface area contributed by atoms with Gasteiger partial charge >= 0.3 is 0 Å². The maximum absolute atomic E-state index is 13.1. The summed E-state index contributed by atoms with van der Waals surface area (Å²) in [7, 11) is -2.21. The molecule has 166 valence electrons. The Bertz CT molecular complexity index is 1030. The lowest BCUT2D eigenvalue weighted by Crippen LogP contribution is -2.35. The van der Waals surface area contributed by atoms with Gasteiger partial charge < -0.3 is 14.8 Å². The number of benzene rings is 2. The van der Waals surface area contributed by atoms with E-state index in [1.807, 2.05) is 6.92 Å². The third-order valence-corrected chi connectivity index (χ3v) is 6.90. The third-order valence-electron chi connectivity index (χ3n) is 4.98. The molecule has 0 aliphatic carbocycles. The smallest absolute Gasteiger partial charge is 0.248 e. The van der Waals surface area contributed by atoms with Gasteiger partial charge in [-0.3, -0.25) is 4.79 Å². The number of hydrogen-bond acceptors (Lipinski definition) is 5. The van der Waals surface area contributed by atoms with Crippen LogP contribution >= 0.6 is 0 Å². The number of nitrogens with one attached hydrogen (secondary N) is 1. The van der Waals surface area contributed by atoms with E-state index >= 15 is 0 Å². The summed E-state index contributed by atoms with van der Waals surface area (Å²) in [5.74, 6) is 0.707. The van der Waals surface area contributed by atoms with Gasteiger partial charge in [-0.25, -0.2) is 8.42 Å². The average molecular weight is 445 g/mol. The van der Waals surface area contributed by atoms with Crippen LogP contribution in [-0.2, 0) is 14.8 Å². The number of hydrogen-bond donors (Lipinski definition) is 1. The van der Waals surface area contributed by atoms with Crippen LogP contribution in [0.15, 0.2) is 53.4 Å². The molecule has 2 aromatic carbocycles. The van der Waals surface area contributed by atoms with Crippen LogP contribution < -0.4 is 14.8 Å². The van der Waals surface area contributed by atoms with Gasteiger partial charge in [0.2, 0.25) is 15.9 Å². The first-order valence-corrected chi connectivity index (χ1v) is 11.8. The molecule has 1 amide bonds. The maximum Gasteiger partial charge on any atom is 0.248 e. The monoisotopic (exact) mass is 444 g/mol. The van der Waals surface area contributed by atoms with Gasteiger partial charge in [0.25, 0.3) is 0 Å². The molecule has 0 aromatic heterocycles. The molecule has 0 saturated carbocycles. The van der Waals surface area contributed by atoms with E-state index in [2.05, 4.69) is 5.32 Å². The molecule has 2 aromatic rings. The zero-order chi connectivity index (χ0) is 22.3. The van der Waals surface area contributed by atoms with Gasteiger partial charge in [-0.2, -0.15) is 4.31 Å². The number of ether oxygens (including phenoxy) is 2. The molecule has 0 spiro atoms. The van der Waals surface area contributed by atoms with Crippen LogP contribution in [0.3, 0.4) is 0 Å². The minimum absolute atomic E-state index is 0.117. The molecule has 1 aliphatic heterocycles. The van der Waals surface area contributed by atoms with Crippen molar-refractivity contribution >= 4 is 27.7 Å². The standard InChI is InChI=1S/C23H28N2O5S/c1-3-30-20-11-9-19(10-12-20)24-23(26)14-8-18-7-13-21(29-2)22(17-18)31(27,28)25-15-5-4-6-16-25/h7-14,17H,3-6,15-16H2,1-2H3,(H,24,26). The van der Waals surface area contributed by atoms with Crippen LogP contribution in [0.25, 0.3) is 6.08 Å². The Morgan fingerprint density at radius 1 is 1.10 bits per heavy atom. The summed E-state index contributed by atoms with van der Waals surface area (Å²) < 4.78 is 38.4. The first-order chi connectivity index (χ1) is 14.9. The lowest BCUT2D eigenvalue weighted by atomic mass is 10.2. The van der Waals surface area contributed by atoms with Crippen LogP contribution in [0.2, 0.25) is 0 Å². The van der Waals surface area contributed by atoms with Crippen molar-refractivity contribution in [3.8, 4) is 11.5 Å². The Kier molecular flexibility index (Phi) is 7.70. The molecule has 1 saturated heterocycles. The molecule has 0 bridgehead atoms. The molecular formula is C23H28N2O5S. The maximum atomic E-state index is 13.1. The number of piperidine rings is 1. The average Bonchev–Trinajstić information content (AvgIpc) is 2.79. The van der Waals surface area contributed by atoms with E-state index < -0.39 is 10.0 Å². The fraction of sp³-hybridized carbons (Fsp3) is 0.348. The third kappa shape index (κ3) is 5.86. The fourth-order valence-corrected chi connectivity index (χ4v) is 5.11. The SMILES string of the molecule is CCOc1ccc(NC(=O)C=Cc2ccc(OC)c(S(=O)(=O)N3CCCCC3)c2)cc1. The summed E-state index contributed by atoms with van der Waals surface area (Å²) >= 11 is 0. The molecule has 7 nitrogen and oxygen atoms in total. The van der Waals surface area contributed by atoms with E-state index in [0.717, 1.165) is 25.0 Å². The van der Waals surface area contributed by atoms with Gasteiger partial charge in [0.05, 0.1) is 13.7 Å². The van der Waals surface area contributed by atoms with Gasteiger partial charge in [-0.05, 0) is 67.8 Å². The first-order valence-electron chi connectivity index (χ1n) is 10.3. The first kappa shape index (κ1) is 22.8. The Hall–Kier alpha value is -2.84. The van der Waals surface area contributed by atoms with Crippen LogP contribution in [0, 0.1) is 0 Å². The van der Waals surface area contributed by atoms with Gasteiger partial charge in [-0.1, -0.05) is 12.5 Å². The number of rotatable bonds is 8. The Balaban J connectivity index is 1.74. The van der Waals surface area contributed by atoms with E-state index in [4.69, 9.17) is 9.47 Å². The van der Waals surface area contributed by atoms with Gasteiger partial charge in [0, 0.05) is 24.9 Å². The highest BCUT2D eigenvalue weighted by Gasteiger charge is 2.28. The fourth-order valence-electron chi connectivity index (χ4n) is 3.40. The van der Waals surface area contributed by atoms with E-state index in [1.54, 1.807) is 48.5 Å². The molecule has 1 aliphatic rings. The van der Waals surface area contributed by atoms with E-state index in [0.29, 0.717) is 36.7 Å². The Morgan fingerprint density at radius 3 is 2.45 bits per heavy atom. The van der Waals surface area contributed by atoms with Gasteiger partial charge in [-0.15, -0.1) is 0 Å². The second-order valence-corrected chi connectivity index (χ2v) is 9.06. The van der Waals surface area contributed by atoms with Crippen molar-refractivity contribution in [1.29, 1.82) is 0 Å². The molecule has 0 unspecified atom stereocenters. The van der Waals surface area contributed by atoms with Crippen molar-refractivity contribution < 1.29 is 22.7 Å². The van der Waals surface area contributed by atoms with E-state index in [-0.39, 0.29) is 10.8 Å². The number of carbonyl (C=O) groups is 1. The summed E-state index contributed by atoms with van der Waals surface area (Å²) in [6.45, 7) is 3.50. The number of amides is 1. The van der Waals surface area contributed by atoms with Crippen molar-refractivity contribution in [2.75, 3.05) is 32.1 Å². The molecule has 0 atom stereocenters. The summed E-state index contributed by atoms with van der Waals surface area (Å²) in [5, 5.41) is 2.77. The number of nitrogens with zero attached hydrogens (tertiary/aromatic N) is 1. The Labute approximate surface area is 183 Å². The number of methoxy groups -OCH3 is 1. The van der Waals surface area contributed by atoms with Crippen molar-refractivity contribution in [3.05, 3.63) is 54.1 Å². The lowest BCUT2D eigenvalue weighted by molar-refractivity contribution is -0.111. The highest BCUT2D eigenvalue weighted by molar-refractivity contribution is 7.89.